The number of hydrogen-bond donors (Lipinski definition) is 1. The Labute approximate surface area is 104 Å². The number of hydrogen-bond acceptors (Lipinski definition) is 4. The van der Waals surface area contributed by atoms with E-state index < -0.39 is 36.5 Å². The Bertz CT molecular complexity index is 291. The molecule has 1 saturated heterocycles. The van der Waals surface area contributed by atoms with E-state index in [0.29, 0.717) is 0 Å². The van der Waals surface area contributed by atoms with Crippen LogP contribution in [0, 0.1) is 0 Å². The Kier molecular flexibility index (Phi) is 4.61. The molecule has 0 saturated carbocycles. The van der Waals surface area contributed by atoms with Gasteiger partial charge in [-0.15, -0.1) is 0 Å². The van der Waals surface area contributed by atoms with Crippen molar-refractivity contribution in [2.45, 2.75) is 51.1 Å². The summed E-state index contributed by atoms with van der Waals surface area (Å²) in [7, 11) is 0. The standard InChI is InChI=1S/C11H18F3NO3/c1-10(2,3)18-9(16)4-7-5-15-8(6-17-7)11(12,13)14/h7-8,15H,4-6H2,1-3H3. The van der Waals surface area contributed by atoms with E-state index in [4.69, 9.17) is 9.47 Å². The highest BCUT2D eigenvalue weighted by molar-refractivity contribution is 5.70. The topological polar surface area (TPSA) is 47.6 Å². The van der Waals surface area contributed by atoms with Crippen molar-refractivity contribution in [1.29, 1.82) is 0 Å². The molecule has 1 N–H and O–H groups in total. The molecule has 1 fully saturated rings. The summed E-state index contributed by atoms with van der Waals surface area (Å²) in [6.45, 7) is 4.69. The molecule has 0 aromatic heterocycles. The molecule has 0 aliphatic carbocycles. The minimum Gasteiger partial charge on any atom is -0.460 e. The third-order valence-electron chi connectivity index (χ3n) is 2.30. The summed E-state index contributed by atoms with van der Waals surface area (Å²) in [5.74, 6) is -0.472. The predicted molar refractivity (Wildman–Crippen MR) is 58.0 cm³/mol. The van der Waals surface area contributed by atoms with Crippen LogP contribution in [0.1, 0.15) is 27.2 Å². The molecule has 1 aliphatic heterocycles. The minimum absolute atomic E-state index is 0.0105. The van der Waals surface area contributed by atoms with E-state index in [9.17, 15) is 18.0 Å². The fourth-order valence-corrected chi connectivity index (χ4v) is 1.53. The van der Waals surface area contributed by atoms with Crippen LogP contribution in [0.3, 0.4) is 0 Å². The molecule has 7 heteroatoms. The fraction of sp³-hybridized carbons (Fsp3) is 0.909. The van der Waals surface area contributed by atoms with Gasteiger partial charge in [0.2, 0.25) is 0 Å². The molecule has 2 unspecified atom stereocenters. The third-order valence-corrected chi connectivity index (χ3v) is 2.30. The molecule has 1 aliphatic rings. The number of rotatable bonds is 2. The number of halogens is 3. The first-order valence-electron chi connectivity index (χ1n) is 5.71. The van der Waals surface area contributed by atoms with Gasteiger partial charge in [0, 0.05) is 6.54 Å². The Hall–Kier alpha value is -0.820. The maximum atomic E-state index is 12.3. The Morgan fingerprint density at radius 1 is 1.39 bits per heavy atom. The average molecular weight is 269 g/mol. The minimum atomic E-state index is -4.32. The third kappa shape index (κ3) is 5.22. The fourth-order valence-electron chi connectivity index (χ4n) is 1.53. The second-order valence-electron chi connectivity index (χ2n) is 5.25. The summed E-state index contributed by atoms with van der Waals surface area (Å²) in [6, 6.07) is -1.66. The molecular weight excluding hydrogens is 251 g/mol. The van der Waals surface area contributed by atoms with E-state index >= 15 is 0 Å². The van der Waals surface area contributed by atoms with E-state index in [-0.39, 0.29) is 13.0 Å². The molecule has 1 rings (SSSR count). The maximum absolute atomic E-state index is 12.3. The van der Waals surface area contributed by atoms with Crippen molar-refractivity contribution in [3.05, 3.63) is 0 Å². The molecule has 0 amide bonds. The van der Waals surface area contributed by atoms with E-state index in [0.717, 1.165) is 0 Å². The van der Waals surface area contributed by atoms with Crippen molar-refractivity contribution in [1.82, 2.24) is 5.32 Å². The van der Waals surface area contributed by atoms with Crippen LogP contribution < -0.4 is 5.32 Å². The van der Waals surface area contributed by atoms with E-state index in [1.54, 1.807) is 20.8 Å². The highest BCUT2D eigenvalue weighted by atomic mass is 19.4. The first-order valence-corrected chi connectivity index (χ1v) is 5.71. The monoisotopic (exact) mass is 269 g/mol. The van der Waals surface area contributed by atoms with Gasteiger partial charge in [-0.25, -0.2) is 0 Å². The average Bonchev–Trinajstić information content (AvgIpc) is 2.13. The van der Waals surface area contributed by atoms with Crippen molar-refractivity contribution < 1.29 is 27.4 Å². The van der Waals surface area contributed by atoms with Gasteiger partial charge in [-0.1, -0.05) is 0 Å². The van der Waals surface area contributed by atoms with Crippen LogP contribution in [0.15, 0.2) is 0 Å². The van der Waals surface area contributed by atoms with Crippen LogP contribution in [-0.2, 0) is 14.3 Å². The first kappa shape index (κ1) is 15.2. The zero-order valence-corrected chi connectivity index (χ0v) is 10.6. The number of alkyl halides is 3. The van der Waals surface area contributed by atoms with Crippen LogP contribution in [0.4, 0.5) is 13.2 Å². The van der Waals surface area contributed by atoms with Gasteiger partial charge in [-0.2, -0.15) is 13.2 Å². The molecule has 1 heterocycles. The van der Waals surface area contributed by atoms with Gasteiger partial charge in [0.15, 0.2) is 0 Å². The number of carbonyl (C=O) groups is 1. The molecule has 0 spiro atoms. The number of morpholine rings is 1. The Morgan fingerprint density at radius 2 is 2.00 bits per heavy atom. The largest absolute Gasteiger partial charge is 0.460 e. The highest BCUT2D eigenvalue weighted by Gasteiger charge is 2.42. The van der Waals surface area contributed by atoms with Crippen molar-refractivity contribution in [2.75, 3.05) is 13.2 Å². The van der Waals surface area contributed by atoms with Crippen LogP contribution in [-0.4, -0.2) is 43.0 Å². The van der Waals surface area contributed by atoms with Gasteiger partial charge in [-0.05, 0) is 20.8 Å². The summed E-state index contributed by atoms with van der Waals surface area (Å²) in [4.78, 5) is 11.5. The van der Waals surface area contributed by atoms with Gasteiger partial charge in [0.1, 0.15) is 11.6 Å². The number of ether oxygens (including phenoxy) is 2. The summed E-state index contributed by atoms with van der Waals surface area (Å²) in [5.41, 5.74) is -0.603. The summed E-state index contributed by atoms with van der Waals surface area (Å²) in [6.07, 6.45) is -4.94. The highest BCUT2D eigenvalue weighted by Crippen LogP contribution is 2.23. The van der Waals surface area contributed by atoms with Crippen LogP contribution in [0.2, 0.25) is 0 Å². The molecule has 0 radical (unpaired) electrons. The van der Waals surface area contributed by atoms with Crippen molar-refractivity contribution in [3.8, 4) is 0 Å². The van der Waals surface area contributed by atoms with E-state index in [2.05, 4.69) is 5.32 Å². The predicted octanol–water partition coefficient (Wildman–Crippen LogP) is 1.64. The molecule has 4 nitrogen and oxygen atoms in total. The zero-order valence-electron chi connectivity index (χ0n) is 10.6. The lowest BCUT2D eigenvalue weighted by Gasteiger charge is -2.31. The molecule has 106 valence electrons. The molecule has 0 bridgehead atoms. The number of carbonyl (C=O) groups excluding carboxylic acids is 1. The molecule has 18 heavy (non-hydrogen) atoms. The van der Waals surface area contributed by atoms with E-state index in [1.807, 2.05) is 0 Å². The van der Waals surface area contributed by atoms with Crippen LogP contribution in [0.25, 0.3) is 0 Å². The lowest BCUT2D eigenvalue weighted by Crippen LogP contribution is -2.54. The summed E-state index contributed by atoms with van der Waals surface area (Å²) < 4.78 is 47.0. The second kappa shape index (κ2) is 5.44. The number of esters is 1. The number of nitrogens with one attached hydrogen (secondary N) is 1. The quantitative estimate of drug-likeness (QED) is 0.774. The SMILES string of the molecule is CC(C)(C)OC(=O)CC1CNC(C(F)(F)F)CO1. The second-order valence-corrected chi connectivity index (χ2v) is 5.25. The van der Waals surface area contributed by atoms with Gasteiger partial charge < -0.3 is 14.8 Å². The van der Waals surface area contributed by atoms with Gasteiger partial charge in [0.25, 0.3) is 0 Å². The van der Waals surface area contributed by atoms with E-state index in [1.165, 1.54) is 0 Å². The van der Waals surface area contributed by atoms with Crippen molar-refractivity contribution >= 4 is 5.97 Å². The molecule has 0 aromatic carbocycles. The molecule has 2 atom stereocenters. The first-order chi connectivity index (χ1) is 8.08. The molecular formula is C11H18F3NO3. The lowest BCUT2D eigenvalue weighted by atomic mass is 10.1. The Balaban J connectivity index is 2.34. The molecule has 0 aromatic rings. The lowest BCUT2D eigenvalue weighted by molar-refractivity contribution is -0.187. The summed E-state index contributed by atoms with van der Waals surface area (Å²) in [5, 5.41) is 2.32. The van der Waals surface area contributed by atoms with Crippen molar-refractivity contribution in [2.24, 2.45) is 0 Å². The van der Waals surface area contributed by atoms with Gasteiger partial charge >= 0.3 is 12.1 Å². The van der Waals surface area contributed by atoms with Crippen molar-refractivity contribution in [3.63, 3.8) is 0 Å². The normalized spacial score (nSPS) is 25.9. The Morgan fingerprint density at radius 3 is 2.39 bits per heavy atom. The van der Waals surface area contributed by atoms with Gasteiger partial charge in [0.05, 0.1) is 19.1 Å². The summed E-state index contributed by atoms with van der Waals surface area (Å²) >= 11 is 0. The van der Waals surface area contributed by atoms with Gasteiger partial charge in [-0.3, -0.25) is 4.79 Å². The van der Waals surface area contributed by atoms with Crippen LogP contribution in [0.5, 0.6) is 0 Å². The zero-order chi connectivity index (χ0) is 14.0. The van der Waals surface area contributed by atoms with Crippen LogP contribution >= 0.6 is 0 Å². The smallest absolute Gasteiger partial charge is 0.406 e. The maximum Gasteiger partial charge on any atom is 0.406 e.